The Morgan fingerprint density at radius 1 is 1.25 bits per heavy atom. The van der Waals surface area contributed by atoms with Crippen LogP contribution in [0.15, 0.2) is 29.2 Å². The molecule has 0 aliphatic carbocycles. The molecule has 2 rings (SSSR count). The lowest BCUT2D eigenvalue weighted by atomic mass is 10.1. The lowest BCUT2D eigenvalue weighted by Crippen LogP contribution is -2.44. The van der Waals surface area contributed by atoms with Crippen molar-refractivity contribution in [1.82, 2.24) is 4.90 Å². The molecule has 1 heterocycles. The van der Waals surface area contributed by atoms with Gasteiger partial charge in [0.15, 0.2) is 0 Å². The highest BCUT2D eigenvalue weighted by Gasteiger charge is 2.38. The molecule has 5 heteroatoms. The fourth-order valence-corrected chi connectivity index (χ4v) is 3.53. The molecule has 0 radical (unpaired) electrons. The summed E-state index contributed by atoms with van der Waals surface area (Å²) in [5, 5.41) is 0. The van der Waals surface area contributed by atoms with Crippen molar-refractivity contribution in [3.8, 4) is 5.75 Å². The van der Waals surface area contributed by atoms with E-state index in [9.17, 15) is 4.79 Å². The largest absolute Gasteiger partial charge is 0.497 e. The standard InChI is InChI=1S/C15H17NO2S2/c1-15(2,3)16-13(17)12(20-14(16)19)9-10-5-7-11(18-4)8-6-10/h5-9H,1-4H3/b12-9-. The average molecular weight is 307 g/mol. The normalized spacial score (nSPS) is 18.0. The zero-order valence-corrected chi connectivity index (χ0v) is 13.6. The number of amides is 1. The van der Waals surface area contributed by atoms with Crippen LogP contribution in [0.4, 0.5) is 0 Å². The van der Waals surface area contributed by atoms with Gasteiger partial charge in [-0.15, -0.1) is 0 Å². The van der Waals surface area contributed by atoms with Crippen molar-refractivity contribution >= 4 is 40.3 Å². The molecule has 3 nitrogen and oxygen atoms in total. The number of ether oxygens (including phenoxy) is 1. The van der Waals surface area contributed by atoms with Crippen molar-refractivity contribution < 1.29 is 9.53 Å². The molecule has 0 unspecified atom stereocenters. The van der Waals surface area contributed by atoms with E-state index in [0.29, 0.717) is 9.23 Å². The summed E-state index contributed by atoms with van der Waals surface area (Å²) in [6.45, 7) is 5.94. The van der Waals surface area contributed by atoms with Crippen LogP contribution >= 0.6 is 24.0 Å². The van der Waals surface area contributed by atoms with Crippen molar-refractivity contribution in [3.05, 3.63) is 34.7 Å². The van der Waals surface area contributed by atoms with Crippen LogP contribution in [0.5, 0.6) is 5.75 Å². The van der Waals surface area contributed by atoms with Crippen molar-refractivity contribution in [2.75, 3.05) is 7.11 Å². The van der Waals surface area contributed by atoms with Gasteiger partial charge in [0.1, 0.15) is 10.1 Å². The van der Waals surface area contributed by atoms with Gasteiger partial charge in [-0.25, -0.2) is 0 Å². The number of carbonyl (C=O) groups excluding carboxylic acids is 1. The van der Waals surface area contributed by atoms with Gasteiger partial charge in [-0.1, -0.05) is 36.1 Å². The van der Waals surface area contributed by atoms with E-state index in [4.69, 9.17) is 17.0 Å². The molecule has 0 spiro atoms. The van der Waals surface area contributed by atoms with Gasteiger partial charge in [-0.3, -0.25) is 9.69 Å². The summed E-state index contributed by atoms with van der Waals surface area (Å²) in [4.78, 5) is 14.7. The Balaban J connectivity index is 2.27. The highest BCUT2D eigenvalue weighted by Crippen LogP contribution is 2.36. The first-order valence-electron chi connectivity index (χ1n) is 6.25. The molecule has 1 aromatic carbocycles. The van der Waals surface area contributed by atoms with Crippen LogP contribution in [0.25, 0.3) is 6.08 Å². The minimum absolute atomic E-state index is 0.0247. The Morgan fingerprint density at radius 3 is 2.30 bits per heavy atom. The van der Waals surface area contributed by atoms with Crippen molar-refractivity contribution in [2.45, 2.75) is 26.3 Å². The number of thioether (sulfide) groups is 1. The number of nitrogens with zero attached hydrogens (tertiary/aromatic N) is 1. The summed E-state index contributed by atoms with van der Waals surface area (Å²) in [6, 6.07) is 7.58. The van der Waals surface area contributed by atoms with Gasteiger partial charge in [0.25, 0.3) is 5.91 Å². The summed E-state index contributed by atoms with van der Waals surface area (Å²) in [5.74, 6) is 0.771. The summed E-state index contributed by atoms with van der Waals surface area (Å²) in [5.41, 5.74) is 0.664. The highest BCUT2D eigenvalue weighted by molar-refractivity contribution is 8.26. The predicted octanol–water partition coefficient (Wildman–Crippen LogP) is 3.69. The molecule has 0 aromatic heterocycles. The molecule has 1 fully saturated rings. The zero-order chi connectivity index (χ0) is 14.9. The first-order valence-corrected chi connectivity index (χ1v) is 7.47. The first-order chi connectivity index (χ1) is 9.32. The topological polar surface area (TPSA) is 29.5 Å². The molecule has 1 aromatic rings. The first kappa shape index (κ1) is 15.1. The van der Waals surface area contributed by atoms with Gasteiger partial charge in [-0.2, -0.15) is 0 Å². The van der Waals surface area contributed by atoms with E-state index in [2.05, 4.69) is 0 Å². The third-order valence-corrected chi connectivity index (χ3v) is 4.18. The smallest absolute Gasteiger partial charge is 0.266 e. The van der Waals surface area contributed by atoms with E-state index in [1.165, 1.54) is 11.8 Å². The molecule has 1 saturated heterocycles. The van der Waals surface area contributed by atoms with Crippen LogP contribution in [0.3, 0.4) is 0 Å². The maximum Gasteiger partial charge on any atom is 0.266 e. The minimum atomic E-state index is -0.295. The van der Waals surface area contributed by atoms with E-state index in [1.807, 2.05) is 51.1 Å². The van der Waals surface area contributed by atoms with Crippen LogP contribution in [-0.2, 0) is 4.79 Å². The molecule has 1 aliphatic heterocycles. The predicted molar refractivity (Wildman–Crippen MR) is 87.8 cm³/mol. The van der Waals surface area contributed by atoms with Crippen molar-refractivity contribution in [2.24, 2.45) is 0 Å². The van der Waals surface area contributed by atoms with E-state index in [-0.39, 0.29) is 11.4 Å². The summed E-state index contributed by atoms with van der Waals surface area (Å²) >= 11 is 6.66. The third kappa shape index (κ3) is 3.04. The lowest BCUT2D eigenvalue weighted by molar-refractivity contribution is -0.125. The second-order valence-corrected chi connectivity index (χ2v) is 7.14. The Hall–Kier alpha value is -1.33. The molecule has 106 valence electrons. The molecular weight excluding hydrogens is 290 g/mol. The Morgan fingerprint density at radius 2 is 1.85 bits per heavy atom. The molecule has 1 amide bonds. The van der Waals surface area contributed by atoms with Crippen LogP contribution < -0.4 is 4.74 Å². The SMILES string of the molecule is COc1ccc(/C=C2\SC(=S)N(C(C)(C)C)C2=O)cc1. The number of rotatable bonds is 2. The lowest BCUT2D eigenvalue weighted by Gasteiger charge is -2.30. The maximum atomic E-state index is 12.4. The zero-order valence-electron chi connectivity index (χ0n) is 12.0. The third-order valence-electron chi connectivity index (χ3n) is 2.88. The van der Waals surface area contributed by atoms with E-state index >= 15 is 0 Å². The van der Waals surface area contributed by atoms with Gasteiger partial charge in [0.2, 0.25) is 0 Å². The summed E-state index contributed by atoms with van der Waals surface area (Å²) in [6.07, 6.45) is 1.87. The monoisotopic (exact) mass is 307 g/mol. The van der Waals surface area contributed by atoms with E-state index in [0.717, 1.165) is 11.3 Å². The van der Waals surface area contributed by atoms with Gasteiger partial charge in [0.05, 0.1) is 12.0 Å². The van der Waals surface area contributed by atoms with Crippen LogP contribution in [0.2, 0.25) is 0 Å². The minimum Gasteiger partial charge on any atom is -0.497 e. The van der Waals surface area contributed by atoms with E-state index in [1.54, 1.807) is 12.0 Å². The quantitative estimate of drug-likeness (QED) is 0.615. The van der Waals surface area contributed by atoms with E-state index < -0.39 is 0 Å². The van der Waals surface area contributed by atoms with Crippen LogP contribution in [0.1, 0.15) is 26.3 Å². The summed E-state index contributed by atoms with van der Waals surface area (Å²) < 4.78 is 5.73. The Labute approximate surface area is 129 Å². The molecule has 0 saturated carbocycles. The Bertz CT molecular complexity index is 571. The Kier molecular flexibility index (Phi) is 4.20. The number of thiocarbonyl (C=S) groups is 1. The van der Waals surface area contributed by atoms with Gasteiger partial charge in [-0.05, 0) is 44.5 Å². The maximum absolute atomic E-state index is 12.4. The van der Waals surface area contributed by atoms with Crippen LogP contribution in [0, 0.1) is 0 Å². The number of methoxy groups -OCH3 is 1. The fraction of sp³-hybridized carbons (Fsp3) is 0.333. The average Bonchev–Trinajstić information content (AvgIpc) is 2.64. The van der Waals surface area contributed by atoms with Crippen LogP contribution in [-0.4, -0.2) is 27.8 Å². The number of benzene rings is 1. The second kappa shape index (κ2) is 5.58. The number of hydrogen-bond acceptors (Lipinski definition) is 4. The molecule has 0 N–H and O–H groups in total. The van der Waals surface area contributed by atoms with Gasteiger partial charge < -0.3 is 4.74 Å². The molecular formula is C15H17NO2S2. The molecule has 0 bridgehead atoms. The van der Waals surface area contributed by atoms with Gasteiger partial charge in [0, 0.05) is 5.54 Å². The second-order valence-electron chi connectivity index (χ2n) is 5.46. The fourth-order valence-electron chi connectivity index (χ4n) is 1.90. The number of carbonyl (C=O) groups is 1. The number of hydrogen-bond donors (Lipinski definition) is 0. The summed E-state index contributed by atoms with van der Waals surface area (Å²) in [7, 11) is 1.63. The molecule has 1 aliphatic rings. The molecule has 0 atom stereocenters. The van der Waals surface area contributed by atoms with Crippen molar-refractivity contribution in [1.29, 1.82) is 0 Å². The van der Waals surface area contributed by atoms with Crippen molar-refractivity contribution in [3.63, 3.8) is 0 Å². The van der Waals surface area contributed by atoms with Gasteiger partial charge >= 0.3 is 0 Å². The molecule has 20 heavy (non-hydrogen) atoms. The highest BCUT2D eigenvalue weighted by atomic mass is 32.2.